The van der Waals surface area contributed by atoms with Gasteiger partial charge in [0.15, 0.2) is 0 Å². The van der Waals surface area contributed by atoms with Crippen LogP contribution in [-0.2, 0) is 5.41 Å². The molecule has 96 valence electrons. The zero-order valence-corrected chi connectivity index (χ0v) is 12.1. The van der Waals surface area contributed by atoms with Crippen LogP contribution in [-0.4, -0.2) is 4.98 Å². The number of aromatic amines is 1. The van der Waals surface area contributed by atoms with Gasteiger partial charge in [0.2, 0.25) is 0 Å². The lowest BCUT2D eigenvalue weighted by Crippen LogP contribution is -2.10. The molecule has 19 heavy (non-hydrogen) atoms. The van der Waals surface area contributed by atoms with Crippen molar-refractivity contribution < 1.29 is 0 Å². The number of hydrogen-bond acceptors (Lipinski definition) is 2. The molecule has 1 N–H and O–H groups in total. The molecule has 0 saturated heterocycles. The molecule has 0 aliphatic heterocycles. The third kappa shape index (κ3) is 2.91. The van der Waals surface area contributed by atoms with Gasteiger partial charge in [-0.05, 0) is 28.7 Å². The van der Waals surface area contributed by atoms with Gasteiger partial charge >= 0.3 is 0 Å². The van der Waals surface area contributed by atoms with Crippen molar-refractivity contribution in [2.24, 2.45) is 0 Å². The minimum atomic E-state index is 0.149. The third-order valence-corrected chi connectivity index (χ3v) is 3.41. The molecule has 3 heteroatoms. The summed E-state index contributed by atoms with van der Waals surface area (Å²) in [6.45, 7) is 6.57. The summed E-state index contributed by atoms with van der Waals surface area (Å²) in [5, 5.41) is 8.87. The molecule has 1 aromatic heterocycles. The number of H-pyrrole nitrogens is 1. The number of nitriles is 1. The smallest absolute Gasteiger partial charge is 0.121 e. The second-order valence-corrected chi connectivity index (χ2v) is 5.96. The van der Waals surface area contributed by atoms with Crippen molar-refractivity contribution in [3.8, 4) is 17.3 Å². The van der Waals surface area contributed by atoms with Crippen molar-refractivity contribution in [3.05, 3.63) is 52.2 Å². The van der Waals surface area contributed by atoms with E-state index in [2.05, 4.69) is 56.1 Å². The summed E-state index contributed by atoms with van der Waals surface area (Å²) in [5.74, 6) is 0. The summed E-state index contributed by atoms with van der Waals surface area (Å²) in [4.78, 5) is 3.09. The average Bonchev–Trinajstić information content (AvgIpc) is 2.38. The predicted molar refractivity (Wildman–Crippen MR) is 80.5 cm³/mol. The summed E-state index contributed by atoms with van der Waals surface area (Å²) < 4.78 is 0.486. The van der Waals surface area contributed by atoms with Gasteiger partial charge in [0, 0.05) is 5.69 Å². The van der Waals surface area contributed by atoms with E-state index in [4.69, 9.17) is 17.5 Å². The van der Waals surface area contributed by atoms with Crippen LogP contribution in [0, 0.1) is 16.0 Å². The Morgan fingerprint density at radius 3 is 2.16 bits per heavy atom. The molecule has 2 aromatic rings. The van der Waals surface area contributed by atoms with Gasteiger partial charge in [0.25, 0.3) is 0 Å². The van der Waals surface area contributed by atoms with Gasteiger partial charge in [-0.3, -0.25) is 0 Å². The molecule has 0 fully saturated rings. The van der Waals surface area contributed by atoms with Crippen molar-refractivity contribution in [3.63, 3.8) is 0 Å². The van der Waals surface area contributed by atoms with Crippen molar-refractivity contribution in [2.75, 3.05) is 0 Å². The highest BCUT2D eigenvalue weighted by Gasteiger charge is 2.13. The largest absolute Gasteiger partial charge is 0.345 e. The van der Waals surface area contributed by atoms with Gasteiger partial charge in [0.05, 0.1) is 5.56 Å². The van der Waals surface area contributed by atoms with Crippen LogP contribution in [0.3, 0.4) is 0 Å². The van der Waals surface area contributed by atoms with Crippen LogP contribution in [0.25, 0.3) is 11.3 Å². The second-order valence-electron chi connectivity index (χ2n) is 5.55. The molecule has 0 bridgehead atoms. The van der Waals surface area contributed by atoms with E-state index in [1.807, 2.05) is 6.07 Å². The molecule has 0 saturated carbocycles. The molecule has 0 atom stereocenters. The molecular formula is C16H16N2S. The summed E-state index contributed by atoms with van der Waals surface area (Å²) in [6, 6.07) is 14.1. The maximum absolute atomic E-state index is 8.87. The van der Waals surface area contributed by atoms with E-state index in [-0.39, 0.29) is 5.41 Å². The van der Waals surface area contributed by atoms with Crippen LogP contribution in [0.1, 0.15) is 31.9 Å². The Labute approximate surface area is 118 Å². The zero-order chi connectivity index (χ0) is 14.0. The minimum absolute atomic E-state index is 0.149. The Kier molecular flexibility index (Phi) is 3.55. The molecule has 2 rings (SSSR count). The number of aromatic nitrogens is 1. The Morgan fingerprint density at radius 2 is 1.68 bits per heavy atom. The first-order chi connectivity index (χ1) is 8.91. The van der Waals surface area contributed by atoms with Gasteiger partial charge in [-0.15, -0.1) is 0 Å². The fraction of sp³-hybridized carbons (Fsp3) is 0.250. The topological polar surface area (TPSA) is 39.6 Å². The molecule has 0 unspecified atom stereocenters. The highest BCUT2D eigenvalue weighted by atomic mass is 32.1. The highest BCUT2D eigenvalue weighted by molar-refractivity contribution is 7.71. The van der Waals surface area contributed by atoms with E-state index >= 15 is 0 Å². The molecule has 2 nitrogen and oxygen atoms in total. The minimum Gasteiger partial charge on any atom is -0.345 e. The summed E-state index contributed by atoms with van der Waals surface area (Å²) in [6.07, 6.45) is 0. The Morgan fingerprint density at radius 1 is 1.05 bits per heavy atom. The lowest BCUT2D eigenvalue weighted by Gasteiger charge is -2.19. The molecule has 1 heterocycles. The van der Waals surface area contributed by atoms with Crippen LogP contribution in [0.4, 0.5) is 0 Å². The van der Waals surface area contributed by atoms with Crippen molar-refractivity contribution in [1.29, 1.82) is 5.26 Å². The molecule has 0 aliphatic carbocycles. The van der Waals surface area contributed by atoms with E-state index < -0.39 is 0 Å². The number of nitrogens with one attached hydrogen (secondary N) is 1. The zero-order valence-electron chi connectivity index (χ0n) is 11.3. The van der Waals surface area contributed by atoms with Crippen LogP contribution in [0.15, 0.2) is 36.4 Å². The van der Waals surface area contributed by atoms with Crippen molar-refractivity contribution in [2.45, 2.75) is 26.2 Å². The first-order valence-electron chi connectivity index (χ1n) is 6.16. The number of nitrogens with zero attached hydrogens (tertiary/aromatic N) is 1. The van der Waals surface area contributed by atoms with E-state index in [1.165, 1.54) is 5.56 Å². The molecule has 1 aromatic carbocycles. The monoisotopic (exact) mass is 268 g/mol. The van der Waals surface area contributed by atoms with E-state index in [9.17, 15) is 0 Å². The lowest BCUT2D eigenvalue weighted by molar-refractivity contribution is 0.590. The van der Waals surface area contributed by atoms with Crippen molar-refractivity contribution >= 4 is 12.2 Å². The fourth-order valence-corrected chi connectivity index (χ4v) is 2.10. The Bertz CT molecular complexity index is 682. The SMILES string of the molecule is CC(C)(C)c1ccc(-c2ccc(C#N)c(=S)[nH]2)cc1. The van der Waals surface area contributed by atoms with Gasteiger partial charge in [-0.2, -0.15) is 5.26 Å². The normalized spacial score (nSPS) is 11.1. The number of rotatable bonds is 1. The standard InChI is InChI=1S/C16H16N2S/c1-16(2,3)13-7-4-11(5-8-13)14-9-6-12(10-17)15(19)18-14/h4-9H,1-3H3,(H,18,19). The van der Waals surface area contributed by atoms with Gasteiger partial charge in [-0.25, -0.2) is 0 Å². The molecule has 0 spiro atoms. The quantitative estimate of drug-likeness (QED) is 0.769. The highest BCUT2D eigenvalue weighted by Crippen LogP contribution is 2.25. The summed E-state index contributed by atoms with van der Waals surface area (Å²) >= 11 is 5.15. The fourth-order valence-electron chi connectivity index (χ4n) is 1.88. The maximum Gasteiger partial charge on any atom is 0.121 e. The van der Waals surface area contributed by atoms with E-state index in [0.29, 0.717) is 10.2 Å². The van der Waals surface area contributed by atoms with Crippen LogP contribution < -0.4 is 0 Å². The van der Waals surface area contributed by atoms with Gasteiger partial charge in [-0.1, -0.05) is 57.3 Å². The van der Waals surface area contributed by atoms with Crippen LogP contribution in [0.2, 0.25) is 0 Å². The number of hydrogen-bond donors (Lipinski definition) is 1. The van der Waals surface area contributed by atoms with E-state index in [1.54, 1.807) is 6.07 Å². The lowest BCUT2D eigenvalue weighted by atomic mass is 9.86. The first-order valence-corrected chi connectivity index (χ1v) is 6.57. The average molecular weight is 268 g/mol. The molecule has 0 aliphatic rings. The first kappa shape index (κ1) is 13.5. The van der Waals surface area contributed by atoms with E-state index in [0.717, 1.165) is 11.3 Å². The summed E-state index contributed by atoms with van der Waals surface area (Å²) in [5.41, 5.74) is 3.96. The third-order valence-electron chi connectivity index (χ3n) is 3.09. The number of benzene rings is 1. The van der Waals surface area contributed by atoms with Crippen LogP contribution >= 0.6 is 12.2 Å². The van der Waals surface area contributed by atoms with Crippen molar-refractivity contribution in [1.82, 2.24) is 4.98 Å². The molecule has 0 radical (unpaired) electrons. The second kappa shape index (κ2) is 4.99. The Balaban J connectivity index is 2.41. The van der Waals surface area contributed by atoms with Gasteiger partial charge < -0.3 is 4.98 Å². The molecular weight excluding hydrogens is 252 g/mol. The number of pyridine rings is 1. The Hall–Kier alpha value is -1.92. The predicted octanol–water partition coefficient (Wildman–Crippen LogP) is 4.58. The van der Waals surface area contributed by atoms with Crippen LogP contribution in [0.5, 0.6) is 0 Å². The summed E-state index contributed by atoms with van der Waals surface area (Å²) in [7, 11) is 0. The molecule has 0 amide bonds. The van der Waals surface area contributed by atoms with Gasteiger partial charge in [0.1, 0.15) is 10.7 Å². The maximum atomic E-state index is 8.87.